The standard InChI is InChI=1S/C20H18N2O/c1-16-7-9-18(10-8-16)21-22-19-11-13-20(14-12-19)23-15-17-5-3-2-4-6-17/h2-14H,15H2,1H3. The third kappa shape index (κ3) is 4.51. The van der Waals surface area contributed by atoms with E-state index in [4.69, 9.17) is 4.74 Å². The highest BCUT2D eigenvalue weighted by molar-refractivity contribution is 5.43. The van der Waals surface area contributed by atoms with E-state index in [1.54, 1.807) is 0 Å². The van der Waals surface area contributed by atoms with Gasteiger partial charge in [-0.15, -0.1) is 0 Å². The summed E-state index contributed by atoms with van der Waals surface area (Å²) in [7, 11) is 0. The number of ether oxygens (including phenoxy) is 1. The molecular formula is C20H18N2O. The summed E-state index contributed by atoms with van der Waals surface area (Å²) in [5.74, 6) is 0.822. The summed E-state index contributed by atoms with van der Waals surface area (Å²) in [6.45, 7) is 2.61. The molecule has 0 atom stereocenters. The van der Waals surface area contributed by atoms with Gasteiger partial charge < -0.3 is 4.74 Å². The molecule has 0 aromatic heterocycles. The Morgan fingerprint density at radius 1 is 0.696 bits per heavy atom. The summed E-state index contributed by atoms with van der Waals surface area (Å²) in [6.07, 6.45) is 0. The molecule has 0 spiro atoms. The predicted molar refractivity (Wildman–Crippen MR) is 92.6 cm³/mol. The molecule has 3 heteroatoms. The van der Waals surface area contributed by atoms with Gasteiger partial charge >= 0.3 is 0 Å². The van der Waals surface area contributed by atoms with Crippen LogP contribution in [0.1, 0.15) is 11.1 Å². The topological polar surface area (TPSA) is 34.0 Å². The van der Waals surface area contributed by atoms with E-state index in [1.165, 1.54) is 5.56 Å². The SMILES string of the molecule is Cc1ccc(N=Nc2ccc(OCc3ccccc3)cc2)cc1. The minimum Gasteiger partial charge on any atom is -0.489 e. The van der Waals surface area contributed by atoms with Crippen molar-refractivity contribution in [2.45, 2.75) is 13.5 Å². The highest BCUT2D eigenvalue weighted by atomic mass is 16.5. The molecule has 0 N–H and O–H groups in total. The molecule has 3 aromatic carbocycles. The first-order valence-electron chi connectivity index (χ1n) is 7.55. The fourth-order valence-electron chi connectivity index (χ4n) is 2.08. The van der Waals surface area contributed by atoms with Gasteiger partial charge in [-0.1, -0.05) is 48.0 Å². The lowest BCUT2D eigenvalue weighted by Crippen LogP contribution is -1.94. The molecule has 23 heavy (non-hydrogen) atoms. The number of hydrogen-bond donors (Lipinski definition) is 0. The van der Waals surface area contributed by atoms with Crippen LogP contribution in [0.3, 0.4) is 0 Å². The Balaban J connectivity index is 1.59. The third-order valence-electron chi connectivity index (χ3n) is 3.40. The molecule has 0 aliphatic rings. The molecule has 3 rings (SSSR count). The van der Waals surface area contributed by atoms with E-state index in [9.17, 15) is 0 Å². The van der Waals surface area contributed by atoms with E-state index < -0.39 is 0 Å². The molecule has 0 aliphatic carbocycles. The van der Waals surface area contributed by atoms with Crippen molar-refractivity contribution in [1.29, 1.82) is 0 Å². The van der Waals surface area contributed by atoms with Gasteiger partial charge in [-0.05, 0) is 48.9 Å². The Morgan fingerprint density at radius 3 is 1.87 bits per heavy atom. The van der Waals surface area contributed by atoms with Crippen LogP contribution in [-0.4, -0.2) is 0 Å². The van der Waals surface area contributed by atoms with Crippen LogP contribution in [0.4, 0.5) is 11.4 Å². The Morgan fingerprint density at radius 2 is 1.26 bits per heavy atom. The van der Waals surface area contributed by atoms with Crippen LogP contribution < -0.4 is 4.74 Å². The second-order valence-electron chi connectivity index (χ2n) is 5.30. The lowest BCUT2D eigenvalue weighted by Gasteiger charge is -2.06. The number of benzene rings is 3. The zero-order valence-corrected chi connectivity index (χ0v) is 13.0. The van der Waals surface area contributed by atoms with Crippen LogP contribution in [0.25, 0.3) is 0 Å². The molecule has 3 nitrogen and oxygen atoms in total. The van der Waals surface area contributed by atoms with Crippen molar-refractivity contribution < 1.29 is 4.74 Å². The summed E-state index contributed by atoms with van der Waals surface area (Å²) in [4.78, 5) is 0. The normalized spacial score (nSPS) is 10.8. The number of rotatable bonds is 5. The molecule has 0 saturated carbocycles. The van der Waals surface area contributed by atoms with E-state index in [0.29, 0.717) is 6.61 Å². The molecule has 0 aliphatic heterocycles. The fraction of sp³-hybridized carbons (Fsp3) is 0.100. The van der Waals surface area contributed by atoms with E-state index in [2.05, 4.69) is 17.2 Å². The van der Waals surface area contributed by atoms with Gasteiger partial charge in [0.2, 0.25) is 0 Å². The van der Waals surface area contributed by atoms with Crippen molar-refractivity contribution in [3.05, 3.63) is 90.0 Å². The minimum atomic E-state index is 0.561. The van der Waals surface area contributed by atoms with E-state index in [-0.39, 0.29) is 0 Å². The maximum atomic E-state index is 5.75. The van der Waals surface area contributed by atoms with E-state index in [1.807, 2.05) is 78.9 Å². The van der Waals surface area contributed by atoms with Gasteiger partial charge in [-0.2, -0.15) is 10.2 Å². The van der Waals surface area contributed by atoms with Crippen LogP contribution in [0.2, 0.25) is 0 Å². The van der Waals surface area contributed by atoms with Gasteiger partial charge in [0.15, 0.2) is 0 Å². The quantitative estimate of drug-likeness (QED) is 0.533. The van der Waals surface area contributed by atoms with Crippen molar-refractivity contribution in [2.24, 2.45) is 10.2 Å². The van der Waals surface area contributed by atoms with E-state index >= 15 is 0 Å². The largest absolute Gasteiger partial charge is 0.489 e. The molecule has 0 unspecified atom stereocenters. The van der Waals surface area contributed by atoms with Gasteiger partial charge in [0.05, 0.1) is 11.4 Å². The monoisotopic (exact) mass is 302 g/mol. The first kappa shape index (κ1) is 15.0. The Bertz CT molecular complexity index is 763. The van der Waals surface area contributed by atoms with Crippen LogP contribution in [-0.2, 0) is 6.61 Å². The smallest absolute Gasteiger partial charge is 0.119 e. The molecule has 0 saturated heterocycles. The highest BCUT2D eigenvalue weighted by Crippen LogP contribution is 2.22. The first-order chi connectivity index (χ1) is 11.3. The van der Waals surface area contributed by atoms with Gasteiger partial charge in [0.1, 0.15) is 12.4 Å². The van der Waals surface area contributed by atoms with Crippen LogP contribution >= 0.6 is 0 Å². The van der Waals surface area contributed by atoms with Crippen LogP contribution in [0, 0.1) is 6.92 Å². The number of hydrogen-bond acceptors (Lipinski definition) is 3. The van der Waals surface area contributed by atoms with Gasteiger partial charge in [0, 0.05) is 0 Å². The lowest BCUT2D eigenvalue weighted by molar-refractivity contribution is 0.306. The molecule has 0 heterocycles. The summed E-state index contributed by atoms with van der Waals surface area (Å²) in [5.41, 5.74) is 4.01. The third-order valence-corrected chi connectivity index (χ3v) is 3.40. The second kappa shape index (κ2) is 7.36. The average Bonchev–Trinajstić information content (AvgIpc) is 2.61. The molecule has 0 fully saturated rings. The number of aryl methyl sites for hydroxylation is 1. The minimum absolute atomic E-state index is 0.561. The lowest BCUT2D eigenvalue weighted by atomic mass is 10.2. The van der Waals surface area contributed by atoms with Crippen molar-refractivity contribution >= 4 is 11.4 Å². The molecule has 3 aromatic rings. The molecule has 0 amide bonds. The summed E-state index contributed by atoms with van der Waals surface area (Å²) < 4.78 is 5.75. The number of nitrogens with zero attached hydrogens (tertiary/aromatic N) is 2. The second-order valence-corrected chi connectivity index (χ2v) is 5.30. The van der Waals surface area contributed by atoms with Crippen molar-refractivity contribution in [3.8, 4) is 5.75 Å². The molecular weight excluding hydrogens is 284 g/mol. The van der Waals surface area contributed by atoms with Crippen molar-refractivity contribution in [2.75, 3.05) is 0 Å². The maximum absolute atomic E-state index is 5.75. The van der Waals surface area contributed by atoms with Gasteiger partial charge in [0.25, 0.3) is 0 Å². The highest BCUT2D eigenvalue weighted by Gasteiger charge is 1.96. The summed E-state index contributed by atoms with van der Waals surface area (Å²) >= 11 is 0. The molecule has 0 bridgehead atoms. The molecule has 0 radical (unpaired) electrons. The number of azo groups is 1. The van der Waals surface area contributed by atoms with Crippen LogP contribution in [0.15, 0.2) is 89.1 Å². The predicted octanol–water partition coefficient (Wildman–Crippen LogP) is 5.99. The van der Waals surface area contributed by atoms with E-state index in [0.717, 1.165) is 22.7 Å². The zero-order chi connectivity index (χ0) is 15.9. The van der Waals surface area contributed by atoms with Gasteiger partial charge in [-0.25, -0.2) is 0 Å². The van der Waals surface area contributed by atoms with Crippen molar-refractivity contribution in [1.82, 2.24) is 0 Å². The average molecular weight is 302 g/mol. The Labute approximate surface area is 136 Å². The van der Waals surface area contributed by atoms with Crippen LogP contribution in [0.5, 0.6) is 5.75 Å². The summed E-state index contributed by atoms with van der Waals surface area (Å²) in [5, 5.41) is 8.46. The Kier molecular flexibility index (Phi) is 4.79. The van der Waals surface area contributed by atoms with Gasteiger partial charge in [-0.3, -0.25) is 0 Å². The van der Waals surface area contributed by atoms with Crippen molar-refractivity contribution in [3.63, 3.8) is 0 Å². The Hall–Kier alpha value is -2.94. The summed E-state index contributed by atoms with van der Waals surface area (Å²) in [6, 6.07) is 25.7. The zero-order valence-electron chi connectivity index (χ0n) is 13.0. The first-order valence-corrected chi connectivity index (χ1v) is 7.55. The molecule has 114 valence electrons. The maximum Gasteiger partial charge on any atom is 0.119 e. The fourth-order valence-corrected chi connectivity index (χ4v) is 2.08.